The minimum atomic E-state index is 0.266. The molecule has 0 N–H and O–H groups in total. The number of hydrogen-bond donors (Lipinski definition) is 0. The van der Waals surface area contributed by atoms with E-state index in [1.807, 2.05) is 24.6 Å². The predicted molar refractivity (Wildman–Crippen MR) is 78.6 cm³/mol. The standard InChI is InChI=1S/C16H18N2O2/c1-2-4-16(18-10-14-6-8-20-12-14)15(3-1)17-9-13-5-7-19-11-13/h5-12,15-16H,1-4H2. The van der Waals surface area contributed by atoms with Crippen molar-refractivity contribution in [2.24, 2.45) is 9.98 Å². The third-order valence-electron chi connectivity index (χ3n) is 3.61. The van der Waals surface area contributed by atoms with Gasteiger partial charge in [0.05, 0.1) is 37.1 Å². The van der Waals surface area contributed by atoms with Crippen LogP contribution in [0.5, 0.6) is 0 Å². The summed E-state index contributed by atoms with van der Waals surface area (Å²) in [5.74, 6) is 0. The van der Waals surface area contributed by atoms with Crippen LogP contribution in [0.4, 0.5) is 0 Å². The van der Waals surface area contributed by atoms with Gasteiger partial charge in [-0.15, -0.1) is 0 Å². The lowest BCUT2D eigenvalue weighted by Crippen LogP contribution is -2.27. The van der Waals surface area contributed by atoms with Crippen LogP contribution < -0.4 is 0 Å². The number of rotatable bonds is 4. The second-order valence-corrected chi connectivity index (χ2v) is 5.09. The molecule has 0 radical (unpaired) electrons. The van der Waals surface area contributed by atoms with E-state index in [-0.39, 0.29) is 12.1 Å². The van der Waals surface area contributed by atoms with Gasteiger partial charge in [-0.05, 0) is 25.0 Å². The Hall–Kier alpha value is -2.10. The minimum absolute atomic E-state index is 0.266. The molecular weight excluding hydrogens is 252 g/mol. The molecule has 3 rings (SSSR count). The van der Waals surface area contributed by atoms with E-state index in [4.69, 9.17) is 8.83 Å². The molecule has 20 heavy (non-hydrogen) atoms. The Labute approximate surface area is 118 Å². The molecular formula is C16H18N2O2. The normalized spacial score (nSPS) is 23.8. The number of aliphatic imine (C=N–C) groups is 2. The smallest absolute Gasteiger partial charge is 0.0990 e. The van der Waals surface area contributed by atoms with Gasteiger partial charge in [-0.3, -0.25) is 9.98 Å². The molecule has 0 bridgehead atoms. The summed E-state index contributed by atoms with van der Waals surface area (Å²) in [5, 5.41) is 0. The average Bonchev–Trinajstić information content (AvgIpc) is 3.17. The monoisotopic (exact) mass is 270 g/mol. The molecule has 0 amide bonds. The average molecular weight is 270 g/mol. The van der Waals surface area contributed by atoms with Crippen LogP contribution in [0.3, 0.4) is 0 Å². The molecule has 104 valence electrons. The first-order valence-corrected chi connectivity index (χ1v) is 7.02. The van der Waals surface area contributed by atoms with Gasteiger partial charge >= 0.3 is 0 Å². The molecule has 2 heterocycles. The fourth-order valence-electron chi connectivity index (χ4n) is 2.50. The summed E-state index contributed by atoms with van der Waals surface area (Å²) in [6, 6.07) is 4.36. The summed E-state index contributed by atoms with van der Waals surface area (Å²) in [5.41, 5.74) is 2.02. The lowest BCUT2D eigenvalue weighted by molar-refractivity contribution is 0.390. The highest BCUT2D eigenvalue weighted by Crippen LogP contribution is 2.24. The van der Waals surface area contributed by atoms with Crippen molar-refractivity contribution in [3.63, 3.8) is 0 Å². The van der Waals surface area contributed by atoms with Crippen LogP contribution in [-0.2, 0) is 0 Å². The largest absolute Gasteiger partial charge is 0.472 e. The third kappa shape index (κ3) is 3.26. The lowest BCUT2D eigenvalue weighted by atomic mass is 9.91. The summed E-state index contributed by atoms with van der Waals surface area (Å²) >= 11 is 0. The van der Waals surface area contributed by atoms with Crippen LogP contribution in [0.25, 0.3) is 0 Å². The summed E-state index contributed by atoms with van der Waals surface area (Å²) in [7, 11) is 0. The van der Waals surface area contributed by atoms with Gasteiger partial charge < -0.3 is 8.83 Å². The first-order valence-electron chi connectivity index (χ1n) is 7.02. The van der Waals surface area contributed by atoms with E-state index in [9.17, 15) is 0 Å². The maximum atomic E-state index is 5.05. The summed E-state index contributed by atoms with van der Waals surface area (Å²) in [4.78, 5) is 9.37. The number of furan rings is 2. The van der Waals surface area contributed by atoms with Gasteiger partial charge in [0, 0.05) is 23.6 Å². The van der Waals surface area contributed by atoms with Gasteiger partial charge in [0.25, 0.3) is 0 Å². The highest BCUT2D eigenvalue weighted by Gasteiger charge is 2.23. The molecule has 1 aliphatic rings. The van der Waals surface area contributed by atoms with Crippen LogP contribution in [0, 0.1) is 0 Å². The zero-order valence-electron chi connectivity index (χ0n) is 11.3. The van der Waals surface area contributed by atoms with E-state index in [0.29, 0.717) is 0 Å². The molecule has 0 saturated heterocycles. The van der Waals surface area contributed by atoms with Gasteiger partial charge in [-0.2, -0.15) is 0 Å². The number of hydrogen-bond acceptors (Lipinski definition) is 4. The molecule has 1 aliphatic carbocycles. The van der Waals surface area contributed by atoms with Gasteiger partial charge in [0.1, 0.15) is 0 Å². The van der Waals surface area contributed by atoms with Gasteiger partial charge in [-0.25, -0.2) is 0 Å². The van der Waals surface area contributed by atoms with Crippen molar-refractivity contribution in [2.75, 3.05) is 0 Å². The van der Waals surface area contributed by atoms with E-state index < -0.39 is 0 Å². The van der Waals surface area contributed by atoms with Crippen LogP contribution in [-0.4, -0.2) is 24.5 Å². The summed E-state index contributed by atoms with van der Waals surface area (Å²) < 4.78 is 10.1. The van der Waals surface area contributed by atoms with E-state index in [0.717, 1.165) is 24.0 Å². The van der Waals surface area contributed by atoms with E-state index in [2.05, 4.69) is 9.98 Å². The first kappa shape index (κ1) is 12.9. The van der Waals surface area contributed by atoms with Crippen molar-refractivity contribution in [1.29, 1.82) is 0 Å². The molecule has 0 aromatic carbocycles. The van der Waals surface area contributed by atoms with Gasteiger partial charge in [-0.1, -0.05) is 12.8 Å². The van der Waals surface area contributed by atoms with Gasteiger partial charge in [0.2, 0.25) is 0 Å². The highest BCUT2D eigenvalue weighted by molar-refractivity contribution is 5.80. The SMILES string of the molecule is C(=NC1CCCCC1N=Cc1ccoc1)c1ccoc1. The zero-order valence-corrected chi connectivity index (χ0v) is 11.3. The Kier molecular flexibility index (Phi) is 4.11. The molecule has 1 saturated carbocycles. The van der Waals surface area contributed by atoms with Crippen molar-refractivity contribution >= 4 is 12.4 Å². The maximum absolute atomic E-state index is 5.05. The molecule has 4 heteroatoms. The lowest BCUT2D eigenvalue weighted by Gasteiger charge is -2.25. The molecule has 1 fully saturated rings. The maximum Gasteiger partial charge on any atom is 0.0990 e. The van der Waals surface area contributed by atoms with Crippen LogP contribution in [0.1, 0.15) is 36.8 Å². The summed E-state index contributed by atoms with van der Waals surface area (Å²) in [6.45, 7) is 0. The van der Waals surface area contributed by atoms with Gasteiger partial charge in [0.15, 0.2) is 0 Å². The topological polar surface area (TPSA) is 51.0 Å². The second kappa shape index (κ2) is 6.37. The Bertz CT molecular complexity index is 503. The molecule has 2 aromatic heterocycles. The second-order valence-electron chi connectivity index (χ2n) is 5.09. The van der Waals surface area contributed by atoms with Crippen molar-refractivity contribution in [2.45, 2.75) is 37.8 Å². The Balaban J connectivity index is 1.67. The fraction of sp³-hybridized carbons (Fsp3) is 0.375. The van der Waals surface area contributed by atoms with Crippen molar-refractivity contribution < 1.29 is 8.83 Å². The Morgan fingerprint density at radius 2 is 1.35 bits per heavy atom. The quantitative estimate of drug-likeness (QED) is 0.795. The third-order valence-corrected chi connectivity index (χ3v) is 3.61. The number of nitrogens with zero attached hydrogens (tertiary/aromatic N) is 2. The molecule has 2 aromatic rings. The minimum Gasteiger partial charge on any atom is -0.472 e. The van der Waals surface area contributed by atoms with Crippen LogP contribution in [0.15, 0.2) is 56.0 Å². The molecule has 2 unspecified atom stereocenters. The Morgan fingerprint density at radius 1 is 0.850 bits per heavy atom. The van der Waals surface area contributed by atoms with E-state index >= 15 is 0 Å². The molecule has 0 aliphatic heterocycles. The van der Waals surface area contributed by atoms with E-state index in [1.54, 1.807) is 25.1 Å². The highest BCUT2D eigenvalue weighted by atomic mass is 16.3. The first-order chi connectivity index (χ1) is 9.92. The Morgan fingerprint density at radius 3 is 1.75 bits per heavy atom. The zero-order chi connectivity index (χ0) is 13.6. The fourth-order valence-corrected chi connectivity index (χ4v) is 2.50. The van der Waals surface area contributed by atoms with Crippen molar-refractivity contribution in [1.82, 2.24) is 0 Å². The predicted octanol–water partition coefficient (Wildman–Crippen LogP) is 3.72. The van der Waals surface area contributed by atoms with E-state index in [1.165, 1.54) is 12.8 Å². The van der Waals surface area contributed by atoms with Crippen LogP contribution in [0.2, 0.25) is 0 Å². The van der Waals surface area contributed by atoms with Crippen molar-refractivity contribution in [3.05, 3.63) is 48.3 Å². The summed E-state index contributed by atoms with van der Waals surface area (Å²) in [6.07, 6.45) is 15.2. The molecule has 2 atom stereocenters. The van der Waals surface area contributed by atoms with Crippen LogP contribution >= 0.6 is 0 Å². The molecule has 0 spiro atoms. The molecule has 4 nitrogen and oxygen atoms in total. The van der Waals surface area contributed by atoms with Crippen molar-refractivity contribution in [3.8, 4) is 0 Å².